The molecule has 1 fully saturated rings. The Balaban J connectivity index is 1.36. The average molecular weight is 485 g/mol. The van der Waals surface area contributed by atoms with E-state index < -0.39 is 10.0 Å². The highest BCUT2D eigenvalue weighted by molar-refractivity contribution is 7.89. The summed E-state index contributed by atoms with van der Waals surface area (Å²) in [4.78, 5) is 17.0. The number of amides is 1. The number of nitrogens with one attached hydrogen (secondary N) is 1. The normalized spacial score (nSPS) is 15.3. The summed E-state index contributed by atoms with van der Waals surface area (Å²) in [5.41, 5.74) is 2.41. The van der Waals surface area contributed by atoms with Crippen LogP contribution in [0, 0.1) is 0 Å². The molecule has 0 spiro atoms. The minimum absolute atomic E-state index is 0.0517. The van der Waals surface area contributed by atoms with Crippen molar-refractivity contribution in [3.05, 3.63) is 65.5 Å². The van der Waals surface area contributed by atoms with E-state index in [0.717, 1.165) is 5.56 Å². The number of sulfonamides is 1. The molecule has 1 aliphatic heterocycles. The second-order valence-electron chi connectivity index (χ2n) is 9.06. The molecule has 2 aromatic carbocycles. The van der Waals surface area contributed by atoms with Crippen molar-refractivity contribution in [1.29, 1.82) is 0 Å². The third-order valence-electron chi connectivity index (χ3n) is 5.60. The summed E-state index contributed by atoms with van der Waals surface area (Å²) in [7, 11) is -3.61. The number of benzene rings is 2. The molecule has 2 heterocycles. The lowest BCUT2D eigenvalue weighted by molar-refractivity contribution is 0.0730. The molecule has 10 heteroatoms. The molecule has 1 N–H and O–H groups in total. The van der Waals surface area contributed by atoms with Gasteiger partial charge in [0, 0.05) is 24.2 Å². The Labute approximate surface area is 199 Å². The predicted octanol–water partition coefficient (Wildman–Crippen LogP) is 2.99. The van der Waals surface area contributed by atoms with Gasteiger partial charge in [-0.25, -0.2) is 8.42 Å². The van der Waals surface area contributed by atoms with Crippen LogP contribution in [0.1, 0.15) is 42.6 Å². The van der Waals surface area contributed by atoms with Gasteiger partial charge in [-0.15, -0.1) is 0 Å². The first-order valence-corrected chi connectivity index (χ1v) is 12.5. The van der Waals surface area contributed by atoms with Gasteiger partial charge in [0.05, 0.1) is 24.7 Å². The van der Waals surface area contributed by atoms with Crippen LogP contribution in [-0.4, -0.2) is 55.1 Å². The molecule has 0 saturated carbocycles. The fourth-order valence-electron chi connectivity index (χ4n) is 3.54. The number of rotatable bonds is 6. The van der Waals surface area contributed by atoms with E-state index in [1.165, 1.54) is 34.1 Å². The maximum atomic E-state index is 12.7. The van der Waals surface area contributed by atoms with Crippen LogP contribution in [-0.2, 0) is 26.7 Å². The molecule has 1 amide bonds. The smallest absolute Gasteiger partial charge is 0.251 e. The van der Waals surface area contributed by atoms with Crippen molar-refractivity contribution in [2.24, 2.45) is 0 Å². The molecule has 0 atom stereocenters. The lowest BCUT2D eigenvalue weighted by Gasteiger charge is -2.26. The van der Waals surface area contributed by atoms with Gasteiger partial charge in [-0.3, -0.25) is 4.79 Å². The number of aromatic nitrogens is 2. The Morgan fingerprint density at radius 1 is 1.03 bits per heavy atom. The van der Waals surface area contributed by atoms with Crippen molar-refractivity contribution in [2.75, 3.05) is 26.3 Å². The maximum absolute atomic E-state index is 12.7. The Morgan fingerprint density at radius 3 is 2.29 bits per heavy atom. The standard InChI is InChI=1S/C24H28N4O5S/c1-24(2,3)19-8-4-17(5-9-19)22-26-21(33-27-22)16-25-23(29)18-6-10-20(11-7-18)34(30,31)28-12-14-32-15-13-28/h4-11H,12-16H2,1-3H3,(H,25,29). The van der Waals surface area contributed by atoms with E-state index in [-0.39, 0.29) is 28.7 Å². The van der Waals surface area contributed by atoms with Crippen LogP contribution < -0.4 is 5.32 Å². The van der Waals surface area contributed by atoms with Gasteiger partial charge in [-0.2, -0.15) is 9.29 Å². The molecule has 9 nitrogen and oxygen atoms in total. The molecule has 34 heavy (non-hydrogen) atoms. The highest BCUT2D eigenvalue weighted by atomic mass is 32.2. The van der Waals surface area contributed by atoms with Gasteiger partial charge < -0.3 is 14.6 Å². The van der Waals surface area contributed by atoms with E-state index in [2.05, 4.69) is 36.2 Å². The summed E-state index contributed by atoms with van der Waals surface area (Å²) < 4.78 is 37.3. The molecule has 0 bridgehead atoms. The predicted molar refractivity (Wildman–Crippen MR) is 126 cm³/mol. The Kier molecular flexibility index (Phi) is 6.83. The zero-order chi connectivity index (χ0) is 24.3. The Bertz CT molecular complexity index is 1240. The van der Waals surface area contributed by atoms with Gasteiger partial charge >= 0.3 is 0 Å². The topological polar surface area (TPSA) is 115 Å². The molecule has 1 aromatic heterocycles. The molecule has 180 valence electrons. The van der Waals surface area contributed by atoms with Gasteiger partial charge in [0.2, 0.25) is 21.7 Å². The second kappa shape index (κ2) is 9.65. The molecular weight excluding hydrogens is 456 g/mol. The number of morpholine rings is 1. The van der Waals surface area contributed by atoms with Gasteiger partial charge in [0.25, 0.3) is 5.91 Å². The second-order valence-corrected chi connectivity index (χ2v) is 11.0. The first kappa shape index (κ1) is 24.1. The fourth-order valence-corrected chi connectivity index (χ4v) is 4.94. The minimum atomic E-state index is -3.61. The number of ether oxygens (including phenoxy) is 1. The first-order valence-electron chi connectivity index (χ1n) is 11.0. The van der Waals surface area contributed by atoms with Crippen molar-refractivity contribution < 1.29 is 22.5 Å². The van der Waals surface area contributed by atoms with Crippen LogP contribution in [0.2, 0.25) is 0 Å². The summed E-state index contributed by atoms with van der Waals surface area (Å²) in [6.45, 7) is 7.88. The molecule has 0 unspecified atom stereocenters. The molecule has 1 aliphatic rings. The zero-order valence-electron chi connectivity index (χ0n) is 19.4. The zero-order valence-corrected chi connectivity index (χ0v) is 20.3. The Morgan fingerprint density at radius 2 is 1.68 bits per heavy atom. The van der Waals surface area contributed by atoms with Crippen LogP contribution >= 0.6 is 0 Å². The third kappa shape index (κ3) is 5.35. The van der Waals surface area contributed by atoms with E-state index in [0.29, 0.717) is 37.7 Å². The summed E-state index contributed by atoms with van der Waals surface area (Å²) in [5, 5.41) is 6.71. The number of hydrogen-bond donors (Lipinski definition) is 1. The summed E-state index contributed by atoms with van der Waals surface area (Å²) in [6, 6.07) is 13.8. The van der Waals surface area contributed by atoms with E-state index in [1.807, 2.05) is 24.3 Å². The highest BCUT2D eigenvalue weighted by Crippen LogP contribution is 2.25. The number of carbonyl (C=O) groups is 1. The van der Waals surface area contributed by atoms with Crippen molar-refractivity contribution in [1.82, 2.24) is 19.8 Å². The Hall–Kier alpha value is -3.08. The molecule has 3 aromatic rings. The van der Waals surface area contributed by atoms with E-state index in [4.69, 9.17) is 9.26 Å². The SMILES string of the molecule is CC(C)(C)c1ccc(-c2noc(CNC(=O)c3ccc(S(=O)(=O)N4CCOCC4)cc3)n2)cc1. The highest BCUT2D eigenvalue weighted by Gasteiger charge is 2.26. The fraction of sp³-hybridized carbons (Fsp3) is 0.375. The lowest BCUT2D eigenvalue weighted by atomic mass is 9.87. The monoisotopic (exact) mass is 484 g/mol. The molecule has 4 rings (SSSR count). The maximum Gasteiger partial charge on any atom is 0.251 e. The van der Waals surface area contributed by atoms with Crippen LogP contribution in [0.3, 0.4) is 0 Å². The minimum Gasteiger partial charge on any atom is -0.379 e. The van der Waals surface area contributed by atoms with Gasteiger partial charge in [0.1, 0.15) is 0 Å². The van der Waals surface area contributed by atoms with Crippen molar-refractivity contribution in [2.45, 2.75) is 37.6 Å². The van der Waals surface area contributed by atoms with E-state index in [1.54, 1.807) is 0 Å². The van der Waals surface area contributed by atoms with Crippen LogP contribution in [0.25, 0.3) is 11.4 Å². The summed E-state index contributed by atoms with van der Waals surface area (Å²) >= 11 is 0. The average Bonchev–Trinajstić information content (AvgIpc) is 3.32. The van der Waals surface area contributed by atoms with Crippen LogP contribution in [0.15, 0.2) is 57.9 Å². The number of hydrogen-bond acceptors (Lipinski definition) is 7. The number of carbonyl (C=O) groups excluding carboxylic acids is 1. The van der Waals surface area contributed by atoms with Crippen molar-refractivity contribution in [3.8, 4) is 11.4 Å². The lowest BCUT2D eigenvalue weighted by Crippen LogP contribution is -2.40. The van der Waals surface area contributed by atoms with Gasteiger partial charge in [-0.05, 0) is 35.2 Å². The van der Waals surface area contributed by atoms with Gasteiger partial charge in [-0.1, -0.05) is 50.2 Å². The largest absolute Gasteiger partial charge is 0.379 e. The quantitative estimate of drug-likeness (QED) is 0.572. The number of nitrogens with zero attached hydrogens (tertiary/aromatic N) is 3. The third-order valence-corrected chi connectivity index (χ3v) is 7.51. The summed E-state index contributed by atoms with van der Waals surface area (Å²) in [6.07, 6.45) is 0. The van der Waals surface area contributed by atoms with Crippen molar-refractivity contribution >= 4 is 15.9 Å². The summed E-state index contributed by atoms with van der Waals surface area (Å²) in [5.74, 6) is 0.349. The molecule has 1 saturated heterocycles. The van der Waals surface area contributed by atoms with Crippen LogP contribution in [0.4, 0.5) is 0 Å². The first-order chi connectivity index (χ1) is 16.1. The molecule has 0 radical (unpaired) electrons. The van der Waals surface area contributed by atoms with Crippen LogP contribution in [0.5, 0.6) is 0 Å². The van der Waals surface area contributed by atoms with E-state index in [9.17, 15) is 13.2 Å². The molecular formula is C24H28N4O5S. The van der Waals surface area contributed by atoms with Crippen molar-refractivity contribution in [3.63, 3.8) is 0 Å². The van der Waals surface area contributed by atoms with Gasteiger partial charge in [0.15, 0.2) is 0 Å². The molecule has 0 aliphatic carbocycles. The van der Waals surface area contributed by atoms with E-state index >= 15 is 0 Å².